The van der Waals surface area contributed by atoms with Crippen LogP contribution < -0.4 is 5.73 Å². The summed E-state index contributed by atoms with van der Waals surface area (Å²) in [5.41, 5.74) is 5.71. The van der Waals surface area contributed by atoms with Crippen molar-refractivity contribution in [3.8, 4) is 0 Å². The van der Waals surface area contributed by atoms with E-state index in [4.69, 9.17) is 11.1 Å². The van der Waals surface area contributed by atoms with Crippen LogP contribution in [-0.4, -0.2) is 20.7 Å². The fourth-order valence-electron chi connectivity index (χ4n) is 1.28. The van der Waals surface area contributed by atoms with Gasteiger partial charge in [-0.25, -0.2) is 9.97 Å². The maximum absolute atomic E-state index is 10.5. The molecule has 0 aliphatic heterocycles. The van der Waals surface area contributed by atoms with Gasteiger partial charge in [-0.15, -0.1) is 0 Å². The van der Waals surface area contributed by atoms with Gasteiger partial charge < -0.3 is 5.73 Å². The number of nitro benzene ring substituents is 1. The first-order valence-corrected chi connectivity index (χ1v) is 5.97. The van der Waals surface area contributed by atoms with E-state index in [1.54, 1.807) is 18.2 Å². The number of hydrogen-bond acceptors (Lipinski definition) is 6. The van der Waals surface area contributed by atoms with E-state index in [1.165, 1.54) is 30.1 Å². The normalized spacial score (nSPS) is 10.1. The fraction of sp³-hybridized carbons (Fsp3) is 0. The monoisotopic (exact) mass is 275 g/mol. The lowest BCUT2D eigenvalue weighted by molar-refractivity contribution is -0.384. The Kier molecular flexibility index (Phi) is 3.71. The van der Waals surface area contributed by atoms with Gasteiger partial charge in [0, 0.05) is 23.2 Å². The Balaban J connectivity index is 2.19. The Labute approximate surface area is 112 Å². The summed E-state index contributed by atoms with van der Waals surface area (Å²) in [6.45, 7) is 0. The second kappa shape index (κ2) is 5.44. The standard InChI is InChI=1S/C11H9N5O2S/c12-10(13)9-5-6-14-11(15-9)19-8-3-1-7(2-4-8)16(17)18/h1-6H,(H3,12,13). The van der Waals surface area contributed by atoms with E-state index in [9.17, 15) is 10.1 Å². The van der Waals surface area contributed by atoms with E-state index in [0.29, 0.717) is 10.9 Å². The van der Waals surface area contributed by atoms with E-state index in [0.717, 1.165) is 4.90 Å². The summed E-state index contributed by atoms with van der Waals surface area (Å²) in [6.07, 6.45) is 1.51. The molecule has 0 aliphatic carbocycles. The number of hydrogen-bond donors (Lipinski definition) is 2. The Bertz CT molecular complexity index is 629. The summed E-state index contributed by atoms with van der Waals surface area (Å²) in [4.78, 5) is 19.0. The van der Waals surface area contributed by atoms with E-state index < -0.39 is 4.92 Å². The third-order valence-electron chi connectivity index (χ3n) is 2.17. The number of nitrogens with one attached hydrogen (secondary N) is 1. The van der Waals surface area contributed by atoms with Crippen molar-refractivity contribution in [3.05, 3.63) is 52.3 Å². The molecule has 1 aromatic heterocycles. The van der Waals surface area contributed by atoms with Gasteiger partial charge >= 0.3 is 0 Å². The number of aromatic nitrogens is 2. The molecule has 3 N–H and O–H groups in total. The zero-order valence-electron chi connectivity index (χ0n) is 9.61. The van der Waals surface area contributed by atoms with Crippen LogP contribution in [0.15, 0.2) is 46.6 Å². The first-order valence-electron chi connectivity index (χ1n) is 5.16. The molecule has 2 aromatic rings. The third kappa shape index (κ3) is 3.26. The molecular weight excluding hydrogens is 266 g/mol. The number of nitrogens with zero attached hydrogens (tertiary/aromatic N) is 3. The Morgan fingerprint density at radius 3 is 2.58 bits per heavy atom. The number of non-ortho nitro benzene ring substituents is 1. The summed E-state index contributed by atoms with van der Waals surface area (Å²) in [6, 6.07) is 7.61. The number of nitrogen functional groups attached to an aromatic ring is 1. The first kappa shape index (κ1) is 13.0. The smallest absolute Gasteiger partial charge is 0.269 e. The fourth-order valence-corrected chi connectivity index (χ4v) is 2.02. The number of benzene rings is 1. The van der Waals surface area contributed by atoms with Crippen molar-refractivity contribution in [2.24, 2.45) is 5.73 Å². The molecule has 19 heavy (non-hydrogen) atoms. The molecule has 0 atom stereocenters. The maximum atomic E-state index is 10.5. The van der Waals surface area contributed by atoms with Crippen molar-refractivity contribution >= 4 is 23.3 Å². The summed E-state index contributed by atoms with van der Waals surface area (Å²) >= 11 is 1.24. The van der Waals surface area contributed by atoms with E-state index in [-0.39, 0.29) is 11.5 Å². The average Bonchev–Trinajstić information content (AvgIpc) is 2.39. The third-order valence-corrected chi connectivity index (χ3v) is 3.05. The summed E-state index contributed by atoms with van der Waals surface area (Å²) in [7, 11) is 0. The van der Waals surface area contributed by atoms with Crippen LogP contribution in [0.3, 0.4) is 0 Å². The predicted molar refractivity (Wildman–Crippen MR) is 70.3 cm³/mol. The number of amidine groups is 1. The van der Waals surface area contributed by atoms with Gasteiger partial charge in [0.2, 0.25) is 0 Å². The number of nitro groups is 1. The molecule has 0 bridgehead atoms. The van der Waals surface area contributed by atoms with Gasteiger partial charge in [-0.05, 0) is 30.0 Å². The molecule has 0 spiro atoms. The van der Waals surface area contributed by atoms with Crippen LogP contribution in [0.2, 0.25) is 0 Å². The first-order chi connectivity index (χ1) is 9.06. The number of rotatable bonds is 4. The quantitative estimate of drug-likeness (QED) is 0.289. The van der Waals surface area contributed by atoms with E-state index in [1.807, 2.05) is 0 Å². The summed E-state index contributed by atoms with van der Waals surface area (Å²) < 4.78 is 0. The highest BCUT2D eigenvalue weighted by molar-refractivity contribution is 7.99. The van der Waals surface area contributed by atoms with Crippen LogP contribution in [0.5, 0.6) is 0 Å². The molecule has 0 saturated carbocycles. The molecule has 1 aromatic carbocycles. The predicted octanol–water partition coefficient (Wildman–Crippen LogP) is 1.82. The second-order valence-electron chi connectivity index (χ2n) is 3.49. The van der Waals surface area contributed by atoms with Gasteiger partial charge in [0.05, 0.1) is 4.92 Å². The summed E-state index contributed by atoms with van der Waals surface area (Å²) in [5.74, 6) is -0.132. The van der Waals surface area contributed by atoms with E-state index in [2.05, 4.69) is 9.97 Å². The van der Waals surface area contributed by atoms with Crippen LogP contribution in [0, 0.1) is 15.5 Å². The van der Waals surface area contributed by atoms with Crippen molar-refractivity contribution < 1.29 is 4.92 Å². The van der Waals surface area contributed by atoms with Crippen molar-refractivity contribution in [3.63, 3.8) is 0 Å². The Morgan fingerprint density at radius 1 is 1.32 bits per heavy atom. The molecule has 0 saturated heterocycles. The van der Waals surface area contributed by atoms with Gasteiger partial charge in [-0.2, -0.15) is 0 Å². The molecular formula is C11H9N5O2S. The van der Waals surface area contributed by atoms with Crippen molar-refractivity contribution in [1.29, 1.82) is 5.41 Å². The van der Waals surface area contributed by atoms with Gasteiger partial charge in [0.15, 0.2) is 5.16 Å². The molecule has 0 aliphatic rings. The lowest BCUT2D eigenvalue weighted by Gasteiger charge is -2.02. The Morgan fingerprint density at radius 2 is 2.00 bits per heavy atom. The molecule has 0 amide bonds. The van der Waals surface area contributed by atoms with Crippen LogP contribution in [-0.2, 0) is 0 Å². The molecule has 0 radical (unpaired) electrons. The van der Waals surface area contributed by atoms with Crippen molar-refractivity contribution in [2.75, 3.05) is 0 Å². The maximum Gasteiger partial charge on any atom is 0.269 e. The molecule has 8 heteroatoms. The minimum absolute atomic E-state index is 0.0303. The zero-order chi connectivity index (χ0) is 13.8. The van der Waals surface area contributed by atoms with Crippen LogP contribution in [0.1, 0.15) is 5.69 Å². The highest BCUT2D eigenvalue weighted by Crippen LogP contribution is 2.26. The molecule has 1 heterocycles. The number of nitrogens with two attached hydrogens (primary N) is 1. The van der Waals surface area contributed by atoms with Crippen LogP contribution in [0.25, 0.3) is 0 Å². The topological polar surface area (TPSA) is 119 Å². The molecule has 2 rings (SSSR count). The molecule has 7 nitrogen and oxygen atoms in total. The van der Waals surface area contributed by atoms with Crippen LogP contribution in [0.4, 0.5) is 5.69 Å². The molecule has 0 unspecified atom stereocenters. The van der Waals surface area contributed by atoms with Crippen molar-refractivity contribution in [2.45, 2.75) is 10.1 Å². The SMILES string of the molecule is N=C(N)c1ccnc(Sc2ccc([N+](=O)[O-])cc2)n1. The van der Waals surface area contributed by atoms with E-state index >= 15 is 0 Å². The molecule has 96 valence electrons. The van der Waals surface area contributed by atoms with Gasteiger partial charge in [0.1, 0.15) is 11.5 Å². The largest absolute Gasteiger partial charge is 0.382 e. The molecule has 0 fully saturated rings. The highest BCUT2D eigenvalue weighted by Gasteiger charge is 2.07. The van der Waals surface area contributed by atoms with Crippen molar-refractivity contribution in [1.82, 2.24) is 9.97 Å². The minimum atomic E-state index is -0.457. The lowest BCUT2D eigenvalue weighted by Crippen LogP contribution is -2.13. The van der Waals surface area contributed by atoms with Gasteiger partial charge in [0.25, 0.3) is 5.69 Å². The zero-order valence-corrected chi connectivity index (χ0v) is 10.4. The van der Waals surface area contributed by atoms with Crippen LogP contribution >= 0.6 is 11.8 Å². The second-order valence-corrected chi connectivity index (χ2v) is 4.53. The highest BCUT2D eigenvalue weighted by atomic mass is 32.2. The van der Waals surface area contributed by atoms with Gasteiger partial charge in [-0.1, -0.05) is 0 Å². The van der Waals surface area contributed by atoms with Gasteiger partial charge in [-0.3, -0.25) is 15.5 Å². The minimum Gasteiger partial charge on any atom is -0.382 e. The Hall–Kier alpha value is -2.48. The lowest BCUT2D eigenvalue weighted by atomic mass is 10.3. The average molecular weight is 275 g/mol. The summed E-state index contributed by atoms with van der Waals surface area (Å²) in [5, 5.41) is 18.2.